The molecule has 0 saturated heterocycles. The van der Waals surface area contributed by atoms with Crippen LogP contribution in [-0.4, -0.2) is 33.9 Å². The molecule has 4 rings (SSSR count). The van der Waals surface area contributed by atoms with E-state index in [1.807, 2.05) is 0 Å². The molecule has 0 amide bonds. The molecule has 3 aliphatic carbocycles. The van der Waals surface area contributed by atoms with Gasteiger partial charge in [0.15, 0.2) is 11.5 Å². The van der Waals surface area contributed by atoms with E-state index in [1.165, 1.54) is 23.8 Å². The Morgan fingerprint density at radius 2 is 1.97 bits per heavy atom. The van der Waals surface area contributed by atoms with Gasteiger partial charge in [-0.2, -0.15) is 0 Å². The molecule has 6 nitrogen and oxygen atoms in total. The maximum atomic E-state index is 12.4. The standard InChI is InChI=1S/C29H36O6/c1-18(2)22-10-13-29-15-20(6-8-25(29)28(22,3)12-11-26(32)33)21(16-29)17-35-27(34)9-5-19-4-7-23(30)24(31)14-19/h4-5,7,9,14,16,20,22,25,30-31H,1,6,8,10-13,15,17H2,2-3H3,(H,32,33). The maximum absolute atomic E-state index is 12.4. The monoisotopic (exact) mass is 480 g/mol. The van der Waals surface area contributed by atoms with Crippen molar-refractivity contribution < 1.29 is 29.6 Å². The van der Waals surface area contributed by atoms with Gasteiger partial charge >= 0.3 is 11.9 Å². The average molecular weight is 481 g/mol. The van der Waals surface area contributed by atoms with Crippen LogP contribution in [0.15, 0.2) is 48.1 Å². The Morgan fingerprint density at radius 3 is 2.66 bits per heavy atom. The molecule has 2 bridgehead atoms. The molecule has 5 unspecified atom stereocenters. The fraction of sp³-hybridized carbons (Fsp3) is 0.517. The number of carboxylic acids is 1. The third-order valence-electron chi connectivity index (χ3n) is 8.88. The zero-order chi connectivity index (χ0) is 25.4. The first-order valence-electron chi connectivity index (χ1n) is 12.5. The summed E-state index contributed by atoms with van der Waals surface area (Å²) in [6.45, 7) is 8.88. The van der Waals surface area contributed by atoms with Crippen LogP contribution in [0.1, 0.15) is 64.4 Å². The Hall–Kier alpha value is -3.02. The van der Waals surface area contributed by atoms with Crippen LogP contribution in [0.4, 0.5) is 0 Å². The molecule has 5 atom stereocenters. The number of hydrogen-bond donors (Lipinski definition) is 3. The highest BCUT2D eigenvalue weighted by molar-refractivity contribution is 5.87. The number of fused-ring (bicyclic) bond motifs is 1. The molecule has 3 aliphatic rings. The van der Waals surface area contributed by atoms with E-state index < -0.39 is 11.9 Å². The summed E-state index contributed by atoms with van der Waals surface area (Å²) in [7, 11) is 0. The van der Waals surface area contributed by atoms with E-state index in [2.05, 4.69) is 26.5 Å². The number of carbonyl (C=O) groups is 2. The van der Waals surface area contributed by atoms with Crippen LogP contribution in [0.2, 0.25) is 0 Å². The predicted octanol–water partition coefficient (Wildman–Crippen LogP) is 5.85. The number of carbonyl (C=O) groups excluding carboxylic acids is 1. The minimum absolute atomic E-state index is 0.0449. The smallest absolute Gasteiger partial charge is 0.331 e. The Morgan fingerprint density at radius 1 is 1.20 bits per heavy atom. The van der Waals surface area contributed by atoms with Crippen molar-refractivity contribution in [3.8, 4) is 11.5 Å². The summed E-state index contributed by atoms with van der Waals surface area (Å²) in [5, 5.41) is 28.4. The zero-order valence-corrected chi connectivity index (χ0v) is 20.6. The second-order valence-electron chi connectivity index (χ2n) is 11.0. The molecule has 1 aromatic carbocycles. The Labute approximate surface area is 207 Å². The molecule has 2 fully saturated rings. The summed E-state index contributed by atoms with van der Waals surface area (Å²) >= 11 is 0. The number of carboxylic acid groups (broad SMARTS) is 1. The highest BCUT2D eigenvalue weighted by Crippen LogP contribution is 2.67. The van der Waals surface area contributed by atoms with Crippen molar-refractivity contribution in [1.29, 1.82) is 0 Å². The number of benzene rings is 1. The largest absolute Gasteiger partial charge is 0.504 e. The lowest BCUT2D eigenvalue weighted by atomic mass is 9.46. The first-order valence-corrected chi connectivity index (χ1v) is 12.5. The van der Waals surface area contributed by atoms with E-state index in [0.29, 0.717) is 29.7 Å². The van der Waals surface area contributed by atoms with Gasteiger partial charge in [0.1, 0.15) is 6.61 Å². The lowest BCUT2D eigenvalue weighted by Crippen LogP contribution is -2.50. The Bertz CT molecular complexity index is 1080. The summed E-state index contributed by atoms with van der Waals surface area (Å²) in [6, 6.07) is 4.35. The summed E-state index contributed by atoms with van der Waals surface area (Å²) in [6.07, 6.45) is 11.3. The van der Waals surface area contributed by atoms with Gasteiger partial charge in [0, 0.05) is 12.5 Å². The van der Waals surface area contributed by atoms with Crippen LogP contribution in [0.5, 0.6) is 11.5 Å². The van der Waals surface area contributed by atoms with Gasteiger partial charge < -0.3 is 20.1 Å². The SMILES string of the molecule is C=C(C)C1CCC23C=C(COC(=O)C=Cc4ccc(O)c(O)c4)C(CCC2C1(C)CCC(=O)O)C3. The lowest BCUT2D eigenvalue weighted by Gasteiger charge is -2.58. The number of esters is 1. The summed E-state index contributed by atoms with van der Waals surface area (Å²) in [5.41, 5.74) is 2.87. The third kappa shape index (κ3) is 4.89. The number of aromatic hydroxyl groups is 2. The molecule has 3 N–H and O–H groups in total. The van der Waals surface area contributed by atoms with Gasteiger partial charge in [0.05, 0.1) is 0 Å². The average Bonchev–Trinajstić information content (AvgIpc) is 3.06. The van der Waals surface area contributed by atoms with Crippen LogP contribution in [0.25, 0.3) is 6.08 Å². The van der Waals surface area contributed by atoms with E-state index in [0.717, 1.165) is 37.7 Å². The number of aliphatic carboxylic acids is 1. The highest BCUT2D eigenvalue weighted by atomic mass is 16.5. The quantitative estimate of drug-likeness (QED) is 0.186. The number of rotatable bonds is 8. The van der Waals surface area contributed by atoms with Crippen molar-refractivity contribution in [3.05, 3.63) is 53.6 Å². The van der Waals surface area contributed by atoms with E-state index in [9.17, 15) is 24.9 Å². The van der Waals surface area contributed by atoms with Crippen LogP contribution < -0.4 is 0 Å². The minimum atomic E-state index is -0.745. The van der Waals surface area contributed by atoms with Gasteiger partial charge in [-0.15, -0.1) is 0 Å². The van der Waals surface area contributed by atoms with Crippen LogP contribution in [-0.2, 0) is 14.3 Å². The molecule has 0 heterocycles. The highest BCUT2D eigenvalue weighted by Gasteiger charge is 2.58. The lowest BCUT2D eigenvalue weighted by molar-refractivity contribution is -0.139. The van der Waals surface area contributed by atoms with Gasteiger partial charge in [0.2, 0.25) is 0 Å². The molecule has 0 aliphatic heterocycles. The van der Waals surface area contributed by atoms with Crippen molar-refractivity contribution in [2.24, 2.45) is 28.6 Å². The molecule has 0 aromatic heterocycles. The molecule has 1 spiro atoms. The molecule has 6 heteroatoms. The first-order chi connectivity index (χ1) is 16.5. The van der Waals surface area contributed by atoms with Gasteiger partial charge in [-0.1, -0.05) is 31.2 Å². The third-order valence-corrected chi connectivity index (χ3v) is 8.88. The second-order valence-corrected chi connectivity index (χ2v) is 11.0. The maximum Gasteiger partial charge on any atom is 0.331 e. The topological polar surface area (TPSA) is 104 Å². The van der Waals surface area contributed by atoms with E-state index in [1.54, 1.807) is 12.1 Å². The summed E-state index contributed by atoms with van der Waals surface area (Å²) in [4.78, 5) is 23.8. The fourth-order valence-corrected chi connectivity index (χ4v) is 7.35. The predicted molar refractivity (Wildman–Crippen MR) is 134 cm³/mol. The number of ether oxygens (including phenoxy) is 1. The molecule has 0 radical (unpaired) electrons. The van der Waals surface area contributed by atoms with Gasteiger partial charge in [0.25, 0.3) is 0 Å². The van der Waals surface area contributed by atoms with Crippen LogP contribution in [0, 0.1) is 28.6 Å². The Balaban J connectivity index is 1.47. The number of allylic oxidation sites excluding steroid dienone is 2. The normalized spacial score (nSPS) is 31.6. The van der Waals surface area contributed by atoms with Crippen molar-refractivity contribution in [3.63, 3.8) is 0 Å². The van der Waals surface area contributed by atoms with E-state index in [4.69, 9.17) is 4.74 Å². The van der Waals surface area contributed by atoms with Crippen molar-refractivity contribution in [2.75, 3.05) is 6.61 Å². The first kappa shape index (κ1) is 25.1. The molecular formula is C29H36O6. The molecule has 2 saturated carbocycles. The number of hydrogen-bond acceptors (Lipinski definition) is 5. The molecule has 1 aromatic rings. The number of phenolic OH excluding ortho intramolecular Hbond substituents is 2. The van der Waals surface area contributed by atoms with Gasteiger partial charge in [-0.05, 0) is 103 Å². The summed E-state index contributed by atoms with van der Waals surface area (Å²) < 4.78 is 5.58. The Kier molecular flexibility index (Phi) is 6.85. The van der Waals surface area contributed by atoms with Gasteiger partial charge in [-0.3, -0.25) is 4.79 Å². The second kappa shape index (κ2) is 9.56. The molecule has 188 valence electrons. The van der Waals surface area contributed by atoms with E-state index in [-0.39, 0.29) is 35.4 Å². The van der Waals surface area contributed by atoms with Gasteiger partial charge in [-0.25, -0.2) is 4.79 Å². The van der Waals surface area contributed by atoms with Crippen LogP contribution in [0.3, 0.4) is 0 Å². The molecule has 35 heavy (non-hydrogen) atoms. The van der Waals surface area contributed by atoms with Crippen molar-refractivity contribution in [2.45, 2.75) is 58.8 Å². The summed E-state index contributed by atoms with van der Waals surface area (Å²) in [5.74, 6) is -0.517. The molecular weight excluding hydrogens is 444 g/mol. The van der Waals surface area contributed by atoms with E-state index >= 15 is 0 Å². The fourth-order valence-electron chi connectivity index (χ4n) is 7.35. The van der Waals surface area contributed by atoms with Crippen molar-refractivity contribution in [1.82, 2.24) is 0 Å². The van der Waals surface area contributed by atoms with Crippen LogP contribution >= 0.6 is 0 Å². The van der Waals surface area contributed by atoms with Crippen molar-refractivity contribution >= 4 is 18.0 Å². The zero-order valence-electron chi connectivity index (χ0n) is 20.6. The minimum Gasteiger partial charge on any atom is -0.504 e. The number of phenols is 2.